The number of nitrogens with zero attached hydrogens (tertiary/aromatic N) is 1. The molecule has 3 heteroatoms. The molecule has 3 nitrogen and oxygen atoms in total. The normalized spacial score (nSPS) is 10.7. The Morgan fingerprint density at radius 2 is 1.80 bits per heavy atom. The van der Waals surface area contributed by atoms with Crippen LogP contribution in [0, 0.1) is 27.7 Å². The van der Waals surface area contributed by atoms with E-state index in [1.807, 2.05) is 26.2 Å². The molecule has 2 aromatic rings. The summed E-state index contributed by atoms with van der Waals surface area (Å²) < 4.78 is 6.21. The summed E-state index contributed by atoms with van der Waals surface area (Å²) in [5, 5.41) is 3.15. The third-order valence-electron chi connectivity index (χ3n) is 3.53. The van der Waals surface area contributed by atoms with Crippen molar-refractivity contribution >= 4 is 0 Å². The average Bonchev–Trinajstić information content (AvgIpc) is 2.42. The van der Waals surface area contributed by atoms with Gasteiger partial charge in [-0.15, -0.1) is 0 Å². The third-order valence-corrected chi connectivity index (χ3v) is 3.53. The predicted octanol–water partition coefficient (Wildman–Crippen LogP) is 3.83. The van der Waals surface area contributed by atoms with E-state index in [2.05, 4.69) is 43.2 Å². The quantitative estimate of drug-likeness (QED) is 0.917. The molecule has 0 spiro atoms. The first-order valence-corrected chi connectivity index (χ1v) is 6.87. The van der Waals surface area contributed by atoms with E-state index in [4.69, 9.17) is 4.74 Å². The second-order valence-electron chi connectivity index (χ2n) is 5.22. The molecule has 1 N–H and O–H groups in total. The molecule has 0 aliphatic carbocycles. The molecule has 0 saturated carbocycles. The van der Waals surface area contributed by atoms with Crippen molar-refractivity contribution in [2.45, 2.75) is 34.2 Å². The van der Waals surface area contributed by atoms with Gasteiger partial charge in [-0.2, -0.15) is 0 Å². The Labute approximate surface area is 121 Å². The zero-order valence-electron chi connectivity index (χ0n) is 12.9. The number of nitrogens with one attached hydrogen (secondary N) is 1. The number of aryl methyl sites for hydroxylation is 3. The molecular weight excluding hydrogens is 248 g/mol. The number of pyridine rings is 1. The van der Waals surface area contributed by atoms with Crippen LogP contribution in [-0.4, -0.2) is 12.0 Å². The minimum atomic E-state index is 0.743. The number of benzene rings is 1. The van der Waals surface area contributed by atoms with Crippen LogP contribution >= 0.6 is 0 Å². The Bertz CT molecular complexity index is 621. The van der Waals surface area contributed by atoms with Crippen LogP contribution in [0.2, 0.25) is 0 Å². The van der Waals surface area contributed by atoms with Crippen molar-refractivity contribution in [2.75, 3.05) is 7.05 Å². The molecule has 1 aromatic heterocycles. The molecular formula is C17H22N2O. The molecule has 0 saturated heterocycles. The van der Waals surface area contributed by atoms with Crippen LogP contribution in [0.3, 0.4) is 0 Å². The highest BCUT2D eigenvalue weighted by molar-refractivity contribution is 5.48. The largest absolute Gasteiger partial charge is 0.456 e. The average molecular weight is 270 g/mol. The molecule has 0 fully saturated rings. The lowest BCUT2D eigenvalue weighted by Gasteiger charge is -2.16. The van der Waals surface area contributed by atoms with Gasteiger partial charge in [-0.25, -0.2) is 0 Å². The molecule has 1 aromatic carbocycles. The summed E-state index contributed by atoms with van der Waals surface area (Å²) in [6.45, 7) is 9.00. The van der Waals surface area contributed by atoms with Gasteiger partial charge >= 0.3 is 0 Å². The van der Waals surface area contributed by atoms with Gasteiger partial charge in [-0.1, -0.05) is 12.1 Å². The Morgan fingerprint density at radius 1 is 1.10 bits per heavy atom. The second-order valence-corrected chi connectivity index (χ2v) is 5.22. The standard InChI is InChI=1S/C17H22N2O/c1-11-6-7-12(2)17(14(11)4)20-16-8-13(3)19-10-15(16)9-18-5/h6-8,10,18H,9H2,1-5H3. The van der Waals surface area contributed by atoms with E-state index >= 15 is 0 Å². The summed E-state index contributed by atoms with van der Waals surface area (Å²) in [5.41, 5.74) is 5.61. The summed E-state index contributed by atoms with van der Waals surface area (Å²) in [5.74, 6) is 1.83. The molecule has 2 rings (SSSR count). The minimum absolute atomic E-state index is 0.743. The van der Waals surface area contributed by atoms with Crippen LogP contribution in [0.1, 0.15) is 27.9 Å². The summed E-state index contributed by atoms with van der Waals surface area (Å²) in [6, 6.07) is 6.22. The summed E-state index contributed by atoms with van der Waals surface area (Å²) >= 11 is 0. The summed E-state index contributed by atoms with van der Waals surface area (Å²) in [6.07, 6.45) is 1.88. The minimum Gasteiger partial charge on any atom is -0.456 e. The topological polar surface area (TPSA) is 34.2 Å². The zero-order valence-corrected chi connectivity index (χ0v) is 12.9. The molecule has 0 bridgehead atoms. The van der Waals surface area contributed by atoms with Gasteiger partial charge in [-0.05, 0) is 51.4 Å². The molecule has 106 valence electrons. The number of hydrogen-bond acceptors (Lipinski definition) is 3. The van der Waals surface area contributed by atoms with Gasteiger partial charge in [-0.3, -0.25) is 4.98 Å². The van der Waals surface area contributed by atoms with E-state index in [-0.39, 0.29) is 0 Å². The van der Waals surface area contributed by atoms with Crippen molar-refractivity contribution in [1.82, 2.24) is 10.3 Å². The molecule has 20 heavy (non-hydrogen) atoms. The van der Waals surface area contributed by atoms with Gasteiger partial charge in [0.05, 0.1) is 0 Å². The Hall–Kier alpha value is -1.87. The summed E-state index contributed by atoms with van der Waals surface area (Å²) in [7, 11) is 1.92. The van der Waals surface area contributed by atoms with Gasteiger partial charge in [0.1, 0.15) is 11.5 Å². The van der Waals surface area contributed by atoms with Crippen molar-refractivity contribution < 1.29 is 4.74 Å². The lowest BCUT2D eigenvalue weighted by atomic mass is 10.1. The van der Waals surface area contributed by atoms with E-state index in [1.54, 1.807) is 0 Å². The maximum absolute atomic E-state index is 6.21. The van der Waals surface area contributed by atoms with Crippen LogP contribution in [0.25, 0.3) is 0 Å². The van der Waals surface area contributed by atoms with Crippen LogP contribution in [-0.2, 0) is 6.54 Å². The lowest BCUT2D eigenvalue weighted by molar-refractivity contribution is 0.465. The van der Waals surface area contributed by atoms with E-state index in [0.717, 1.165) is 34.9 Å². The van der Waals surface area contributed by atoms with Crippen molar-refractivity contribution in [1.29, 1.82) is 0 Å². The third kappa shape index (κ3) is 2.99. The Morgan fingerprint density at radius 3 is 2.50 bits per heavy atom. The van der Waals surface area contributed by atoms with E-state index < -0.39 is 0 Å². The first-order valence-electron chi connectivity index (χ1n) is 6.87. The highest BCUT2D eigenvalue weighted by Crippen LogP contribution is 2.32. The molecule has 0 unspecified atom stereocenters. The van der Waals surface area contributed by atoms with Crippen LogP contribution < -0.4 is 10.1 Å². The Balaban J connectivity index is 2.44. The SMILES string of the molecule is CNCc1cnc(C)cc1Oc1c(C)ccc(C)c1C. The van der Waals surface area contributed by atoms with Crippen molar-refractivity contribution in [3.8, 4) is 11.5 Å². The van der Waals surface area contributed by atoms with E-state index in [1.165, 1.54) is 11.1 Å². The maximum Gasteiger partial charge on any atom is 0.135 e. The lowest BCUT2D eigenvalue weighted by Crippen LogP contribution is -2.07. The van der Waals surface area contributed by atoms with E-state index in [9.17, 15) is 0 Å². The summed E-state index contributed by atoms with van der Waals surface area (Å²) in [4.78, 5) is 4.34. The van der Waals surface area contributed by atoms with Crippen LogP contribution in [0.4, 0.5) is 0 Å². The predicted molar refractivity (Wildman–Crippen MR) is 82.5 cm³/mol. The molecule has 0 aliphatic rings. The highest BCUT2D eigenvalue weighted by Gasteiger charge is 2.11. The van der Waals surface area contributed by atoms with Gasteiger partial charge in [0.15, 0.2) is 0 Å². The number of hydrogen-bond donors (Lipinski definition) is 1. The van der Waals surface area contributed by atoms with Crippen molar-refractivity contribution in [2.24, 2.45) is 0 Å². The van der Waals surface area contributed by atoms with Gasteiger partial charge in [0.2, 0.25) is 0 Å². The van der Waals surface area contributed by atoms with Crippen LogP contribution in [0.15, 0.2) is 24.4 Å². The van der Waals surface area contributed by atoms with Crippen molar-refractivity contribution in [3.63, 3.8) is 0 Å². The molecule has 1 heterocycles. The number of rotatable bonds is 4. The van der Waals surface area contributed by atoms with Crippen LogP contribution in [0.5, 0.6) is 11.5 Å². The number of aromatic nitrogens is 1. The molecule has 0 aliphatic heterocycles. The fourth-order valence-electron chi connectivity index (χ4n) is 2.17. The molecule has 0 atom stereocenters. The second kappa shape index (κ2) is 6.06. The Kier molecular flexibility index (Phi) is 4.40. The smallest absolute Gasteiger partial charge is 0.135 e. The fourth-order valence-corrected chi connectivity index (χ4v) is 2.17. The highest BCUT2D eigenvalue weighted by atomic mass is 16.5. The monoisotopic (exact) mass is 270 g/mol. The maximum atomic E-state index is 6.21. The first kappa shape index (κ1) is 14.5. The van der Waals surface area contributed by atoms with Crippen molar-refractivity contribution in [3.05, 3.63) is 52.3 Å². The molecule has 0 radical (unpaired) electrons. The van der Waals surface area contributed by atoms with Gasteiger partial charge in [0, 0.05) is 30.1 Å². The van der Waals surface area contributed by atoms with Gasteiger partial charge in [0.25, 0.3) is 0 Å². The first-order chi connectivity index (χ1) is 9.52. The number of ether oxygens (including phenoxy) is 1. The van der Waals surface area contributed by atoms with E-state index in [0.29, 0.717) is 0 Å². The fraction of sp³-hybridized carbons (Fsp3) is 0.353. The van der Waals surface area contributed by atoms with Gasteiger partial charge < -0.3 is 10.1 Å². The molecule has 0 amide bonds. The zero-order chi connectivity index (χ0) is 14.7.